The minimum Gasteiger partial charge on any atom is -0.350 e. The van der Waals surface area contributed by atoms with E-state index in [1.54, 1.807) is 12.1 Å². The summed E-state index contributed by atoms with van der Waals surface area (Å²) < 4.78 is 27.8. The van der Waals surface area contributed by atoms with Crippen molar-refractivity contribution in [3.8, 4) is 11.4 Å². The highest BCUT2D eigenvalue weighted by Gasteiger charge is 2.14. The van der Waals surface area contributed by atoms with E-state index < -0.39 is 10.0 Å². The van der Waals surface area contributed by atoms with Crippen LogP contribution in [-0.4, -0.2) is 24.5 Å². The van der Waals surface area contributed by atoms with Crippen LogP contribution >= 0.6 is 0 Å². The zero-order valence-electron chi connectivity index (χ0n) is 16.1. The number of nitrogens with two attached hydrogens (primary N) is 1. The molecule has 3 aromatic rings. The van der Waals surface area contributed by atoms with Gasteiger partial charge >= 0.3 is 0 Å². The molecule has 3 N–H and O–H groups in total. The van der Waals surface area contributed by atoms with E-state index in [4.69, 9.17) is 9.66 Å². The van der Waals surface area contributed by atoms with Crippen LogP contribution in [-0.2, 0) is 21.2 Å². The quantitative estimate of drug-likeness (QED) is 0.611. The highest BCUT2D eigenvalue weighted by atomic mass is 32.2. The van der Waals surface area contributed by atoms with E-state index in [1.807, 2.05) is 38.1 Å². The maximum Gasteiger partial charge on any atom is 0.238 e. The van der Waals surface area contributed by atoms with Crippen LogP contribution in [0.4, 0.5) is 0 Å². The number of carbonyl (C=O) groups is 1. The van der Waals surface area contributed by atoms with Gasteiger partial charge in [-0.15, -0.1) is 0 Å². The monoisotopic (exact) mass is 414 g/mol. The van der Waals surface area contributed by atoms with Crippen molar-refractivity contribution < 1.29 is 17.7 Å². The van der Waals surface area contributed by atoms with Crippen molar-refractivity contribution in [1.82, 2.24) is 15.5 Å². The van der Waals surface area contributed by atoms with Crippen molar-refractivity contribution in [2.24, 2.45) is 5.14 Å². The maximum absolute atomic E-state index is 12.2. The van der Waals surface area contributed by atoms with Crippen molar-refractivity contribution in [2.45, 2.75) is 37.6 Å². The molecule has 1 heterocycles. The zero-order chi connectivity index (χ0) is 21.0. The Morgan fingerprint density at radius 3 is 2.41 bits per heavy atom. The Bertz CT molecular complexity index is 1090. The molecule has 9 heteroatoms. The Balaban J connectivity index is 1.54. The second kappa shape index (κ2) is 8.54. The fourth-order valence-corrected chi connectivity index (χ4v) is 3.26. The Morgan fingerprint density at radius 1 is 1.14 bits per heavy atom. The molecular weight excluding hydrogens is 392 g/mol. The van der Waals surface area contributed by atoms with Crippen molar-refractivity contribution in [3.05, 3.63) is 65.5 Å². The molecule has 0 unspecified atom stereocenters. The van der Waals surface area contributed by atoms with Gasteiger partial charge in [0.05, 0.1) is 10.9 Å². The van der Waals surface area contributed by atoms with Crippen LogP contribution in [0, 0.1) is 6.92 Å². The number of hydrogen-bond donors (Lipinski definition) is 2. The molecule has 0 aliphatic heterocycles. The van der Waals surface area contributed by atoms with Gasteiger partial charge in [0.15, 0.2) is 0 Å². The predicted octanol–water partition coefficient (Wildman–Crippen LogP) is 2.50. The number of amides is 1. The van der Waals surface area contributed by atoms with Crippen LogP contribution in [0.25, 0.3) is 11.4 Å². The number of nitrogens with zero attached hydrogens (tertiary/aromatic N) is 2. The lowest BCUT2D eigenvalue weighted by Gasteiger charge is -2.14. The summed E-state index contributed by atoms with van der Waals surface area (Å²) in [5.74, 6) is 0.702. The summed E-state index contributed by atoms with van der Waals surface area (Å²) in [4.78, 5) is 16.6. The van der Waals surface area contributed by atoms with Crippen LogP contribution in [0.1, 0.15) is 36.4 Å². The van der Waals surface area contributed by atoms with Gasteiger partial charge in [0.1, 0.15) is 0 Å². The van der Waals surface area contributed by atoms with Gasteiger partial charge in [0, 0.05) is 18.4 Å². The van der Waals surface area contributed by atoms with Crippen LogP contribution < -0.4 is 10.5 Å². The van der Waals surface area contributed by atoms with Crippen LogP contribution in [0.15, 0.2) is 57.9 Å². The second-order valence-electron chi connectivity index (χ2n) is 6.78. The topological polar surface area (TPSA) is 128 Å². The van der Waals surface area contributed by atoms with Gasteiger partial charge in [-0.1, -0.05) is 47.1 Å². The highest BCUT2D eigenvalue weighted by molar-refractivity contribution is 7.89. The largest absolute Gasteiger partial charge is 0.350 e. The molecule has 2 aromatic carbocycles. The van der Waals surface area contributed by atoms with Gasteiger partial charge in [0.2, 0.25) is 27.6 Å². The minimum atomic E-state index is -3.74. The van der Waals surface area contributed by atoms with E-state index in [9.17, 15) is 13.2 Å². The van der Waals surface area contributed by atoms with Crippen LogP contribution in [0.3, 0.4) is 0 Å². The molecule has 8 nitrogen and oxygen atoms in total. The summed E-state index contributed by atoms with van der Waals surface area (Å²) in [6.07, 6.45) is 0.511. The first-order valence-corrected chi connectivity index (χ1v) is 10.6. The average Bonchev–Trinajstić information content (AvgIpc) is 3.15. The summed E-state index contributed by atoms with van der Waals surface area (Å²) in [6.45, 7) is 3.81. The predicted molar refractivity (Wildman–Crippen MR) is 107 cm³/mol. The van der Waals surface area contributed by atoms with Crippen molar-refractivity contribution >= 4 is 15.9 Å². The summed E-state index contributed by atoms with van der Waals surface area (Å²) in [5.41, 5.74) is 2.76. The lowest BCUT2D eigenvalue weighted by molar-refractivity contribution is -0.121. The number of aromatic nitrogens is 2. The first kappa shape index (κ1) is 20.7. The van der Waals surface area contributed by atoms with E-state index >= 15 is 0 Å². The summed E-state index contributed by atoms with van der Waals surface area (Å²) in [6, 6.07) is 13.6. The van der Waals surface area contributed by atoms with E-state index in [2.05, 4.69) is 15.5 Å². The molecule has 0 aliphatic rings. The number of hydrogen-bond acceptors (Lipinski definition) is 6. The second-order valence-corrected chi connectivity index (χ2v) is 8.34. The third-order valence-electron chi connectivity index (χ3n) is 4.43. The van der Waals surface area contributed by atoms with Gasteiger partial charge in [-0.25, -0.2) is 13.6 Å². The molecule has 1 atom stereocenters. The summed E-state index contributed by atoms with van der Waals surface area (Å²) in [7, 11) is -3.74. The molecule has 0 aliphatic carbocycles. The lowest BCUT2D eigenvalue weighted by atomic mass is 10.1. The van der Waals surface area contributed by atoms with Gasteiger partial charge < -0.3 is 9.84 Å². The normalized spacial score (nSPS) is 12.5. The Hall–Kier alpha value is -3.04. The molecular formula is C20H22N4O4S. The molecule has 0 saturated carbocycles. The van der Waals surface area contributed by atoms with Crippen molar-refractivity contribution in [3.63, 3.8) is 0 Å². The molecule has 1 amide bonds. The van der Waals surface area contributed by atoms with Crippen molar-refractivity contribution in [2.75, 3.05) is 0 Å². The molecule has 1 aromatic heterocycles. The third kappa shape index (κ3) is 5.49. The van der Waals surface area contributed by atoms with Gasteiger partial charge in [-0.05, 0) is 31.5 Å². The molecule has 152 valence electrons. The molecule has 0 saturated heterocycles. The van der Waals surface area contributed by atoms with Gasteiger partial charge in [-0.2, -0.15) is 4.98 Å². The van der Waals surface area contributed by atoms with E-state index in [-0.39, 0.29) is 23.3 Å². The maximum atomic E-state index is 12.2. The smallest absolute Gasteiger partial charge is 0.238 e. The van der Waals surface area contributed by atoms with E-state index in [0.29, 0.717) is 18.1 Å². The fourth-order valence-electron chi connectivity index (χ4n) is 2.74. The number of carbonyl (C=O) groups excluding carboxylic acids is 1. The Morgan fingerprint density at radius 2 is 1.79 bits per heavy atom. The first-order chi connectivity index (χ1) is 13.7. The number of sulfonamides is 1. The lowest BCUT2D eigenvalue weighted by Crippen LogP contribution is -2.26. The molecule has 29 heavy (non-hydrogen) atoms. The van der Waals surface area contributed by atoms with Crippen LogP contribution in [0.2, 0.25) is 0 Å². The summed E-state index contributed by atoms with van der Waals surface area (Å²) in [5, 5.41) is 11.9. The number of nitrogens with one attached hydrogen (secondary N) is 1. The third-order valence-corrected chi connectivity index (χ3v) is 5.36. The Kier molecular flexibility index (Phi) is 6.09. The number of aryl methyl sites for hydroxylation is 2. The first-order valence-electron chi connectivity index (χ1n) is 9.04. The van der Waals surface area contributed by atoms with E-state index in [1.165, 1.54) is 12.1 Å². The number of benzene rings is 2. The SMILES string of the molecule is Cc1ccc(-c2noc(CCC(=O)N[C@@H](C)c3ccc(S(N)(=O)=O)cc3)n2)cc1. The average molecular weight is 414 g/mol. The molecule has 0 radical (unpaired) electrons. The Labute approximate surface area is 169 Å². The van der Waals surface area contributed by atoms with E-state index in [0.717, 1.165) is 16.7 Å². The standard InChI is InChI=1S/C20H22N4O4S/c1-13-3-5-16(6-4-13)20-23-19(28-24-20)12-11-18(25)22-14(2)15-7-9-17(10-8-15)29(21,26)27/h3-10,14H,11-12H2,1-2H3,(H,22,25)(H2,21,26,27)/t14-/m0/s1. The zero-order valence-corrected chi connectivity index (χ0v) is 16.9. The van der Waals surface area contributed by atoms with Gasteiger partial charge in [-0.3, -0.25) is 4.79 Å². The molecule has 0 spiro atoms. The van der Waals surface area contributed by atoms with Crippen LogP contribution in [0.5, 0.6) is 0 Å². The minimum absolute atomic E-state index is 0.0283. The number of primary sulfonamides is 1. The molecule has 0 bridgehead atoms. The van der Waals surface area contributed by atoms with Gasteiger partial charge in [0.25, 0.3) is 0 Å². The highest BCUT2D eigenvalue weighted by Crippen LogP contribution is 2.18. The molecule has 0 fully saturated rings. The number of rotatable bonds is 7. The van der Waals surface area contributed by atoms with Crippen molar-refractivity contribution in [1.29, 1.82) is 0 Å². The fraction of sp³-hybridized carbons (Fsp3) is 0.250. The molecule has 3 rings (SSSR count). The summed E-state index contributed by atoms with van der Waals surface area (Å²) >= 11 is 0.